The van der Waals surface area contributed by atoms with Crippen LogP contribution in [0.25, 0.3) is 11.1 Å². The van der Waals surface area contributed by atoms with E-state index in [9.17, 15) is 8.42 Å². The van der Waals surface area contributed by atoms with E-state index >= 15 is 0 Å². The van der Waals surface area contributed by atoms with Crippen molar-refractivity contribution < 1.29 is 13.5 Å². The first-order chi connectivity index (χ1) is 11.8. The van der Waals surface area contributed by atoms with E-state index < -0.39 is 10.0 Å². The zero-order valence-corrected chi connectivity index (χ0v) is 15.8. The quantitative estimate of drug-likeness (QED) is 0.478. The number of aromatic nitrogens is 1. The molecule has 0 spiro atoms. The number of aliphatic hydroxyl groups excluding tert-OH is 1. The first-order valence-corrected chi connectivity index (χ1v) is 9.75. The summed E-state index contributed by atoms with van der Waals surface area (Å²) >= 11 is 5.95. The lowest BCUT2D eigenvalue weighted by molar-refractivity contribution is 0.293. The van der Waals surface area contributed by atoms with Crippen molar-refractivity contribution >= 4 is 21.6 Å². The van der Waals surface area contributed by atoms with Gasteiger partial charge in [-0.25, -0.2) is 18.1 Å². The minimum Gasteiger partial charge on any atom is -0.395 e. The van der Waals surface area contributed by atoms with Crippen molar-refractivity contribution in [3.63, 3.8) is 0 Å². The lowest BCUT2D eigenvalue weighted by Crippen LogP contribution is -2.33. The van der Waals surface area contributed by atoms with Crippen molar-refractivity contribution in [3.8, 4) is 11.1 Å². The van der Waals surface area contributed by atoms with Crippen LogP contribution in [-0.2, 0) is 10.0 Å². The van der Waals surface area contributed by atoms with Gasteiger partial charge in [-0.1, -0.05) is 17.7 Å². The van der Waals surface area contributed by atoms with Crippen molar-refractivity contribution in [2.45, 2.75) is 18.7 Å². The second kappa shape index (κ2) is 8.73. The number of pyridine rings is 1. The predicted octanol–water partition coefficient (Wildman–Crippen LogP) is 1.88. The Bertz CT molecular complexity index is 841. The van der Waals surface area contributed by atoms with Crippen molar-refractivity contribution in [1.82, 2.24) is 15.0 Å². The Morgan fingerprint density at radius 2 is 1.88 bits per heavy atom. The Balaban J connectivity index is 2.30. The van der Waals surface area contributed by atoms with Crippen LogP contribution in [0.1, 0.15) is 11.1 Å². The Hall–Kier alpha value is -1.51. The van der Waals surface area contributed by atoms with Gasteiger partial charge < -0.3 is 10.4 Å². The Morgan fingerprint density at radius 1 is 1.12 bits per heavy atom. The van der Waals surface area contributed by atoms with Gasteiger partial charge in [-0.15, -0.1) is 0 Å². The van der Waals surface area contributed by atoms with E-state index in [1.807, 2.05) is 13.0 Å². The number of nitrogens with one attached hydrogen (secondary N) is 2. The molecule has 0 aliphatic heterocycles. The topological polar surface area (TPSA) is 91.3 Å². The van der Waals surface area contributed by atoms with Gasteiger partial charge in [0.05, 0.1) is 11.5 Å². The summed E-state index contributed by atoms with van der Waals surface area (Å²) in [6, 6.07) is 7.02. The lowest BCUT2D eigenvalue weighted by Gasteiger charge is -2.14. The Labute approximate surface area is 153 Å². The molecule has 0 saturated heterocycles. The summed E-state index contributed by atoms with van der Waals surface area (Å²) < 4.78 is 27.8. The highest BCUT2D eigenvalue weighted by atomic mass is 35.5. The maximum Gasteiger partial charge on any atom is 0.240 e. The van der Waals surface area contributed by atoms with Crippen LogP contribution in [0.4, 0.5) is 0 Å². The standard InChI is InChI=1S/C17H22ClN3O3S/c1-12-9-13(2)16(25(23,24)21-6-5-19-7-8-22)11-15(12)14-3-4-20-17(18)10-14/h3-4,9-11,19,21-22H,5-8H2,1-2H3. The van der Waals surface area contributed by atoms with Crippen molar-refractivity contribution in [2.24, 2.45) is 0 Å². The largest absolute Gasteiger partial charge is 0.395 e. The second-order valence-corrected chi connectivity index (χ2v) is 7.79. The molecule has 0 saturated carbocycles. The number of nitrogens with zero attached hydrogens (tertiary/aromatic N) is 1. The van der Waals surface area contributed by atoms with Gasteiger partial charge in [-0.05, 0) is 54.3 Å². The summed E-state index contributed by atoms with van der Waals surface area (Å²) in [6.45, 7) is 4.83. The molecular formula is C17H22ClN3O3S. The number of rotatable bonds is 8. The van der Waals surface area contributed by atoms with E-state index in [1.54, 1.807) is 31.3 Å². The zero-order chi connectivity index (χ0) is 18.4. The summed E-state index contributed by atoms with van der Waals surface area (Å²) in [5.41, 5.74) is 3.26. The highest BCUT2D eigenvalue weighted by Crippen LogP contribution is 2.29. The molecule has 2 rings (SSSR count). The molecule has 0 radical (unpaired) electrons. The van der Waals surface area contributed by atoms with Gasteiger partial charge in [-0.3, -0.25) is 0 Å². The number of benzene rings is 1. The van der Waals surface area contributed by atoms with Crippen molar-refractivity contribution in [1.29, 1.82) is 0 Å². The van der Waals surface area contributed by atoms with Gasteiger partial charge in [0.1, 0.15) is 5.15 Å². The van der Waals surface area contributed by atoms with Crippen LogP contribution in [-0.4, -0.2) is 44.7 Å². The second-order valence-electron chi connectivity index (χ2n) is 5.67. The highest BCUT2D eigenvalue weighted by molar-refractivity contribution is 7.89. The summed E-state index contributed by atoms with van der Waals surface area (Å²) in [4.78, 5) is 4.20. The van der Waals surface area contributed by atoms with E-state index in [0.29, 0.717) is 23.8 Å². The summed E-state index contributed by atoms with van der Waals surface area (Å²) in [5, 5.41) is 12.0. The van der Waals surface area contributed by atoms with E-state index in [1.165, 1.54) is 0 Å². The molecule has 0 amide bonds. The van der Waals surface area contributed by atoms with Crippen molar-refractivity contribution in [2.75, 3.05) is 26.2 Å². The molecule has 0 unspecified atom stereocenters. The van der Waals surface area contributed by atoms with Gasteiger partial charge in [0.15, 0.2) is 0 Å². The maximum atomic E-state index is 12.6. The van der Waals surface area contributed by atoms with E-state index in [-0.39, 0.29) is 18.0 Å². The van der Waals surface area contributed by atoms with Crippen LogP contribution < -0.4 is 10.0 Å². The molecule has 25 heavy (non-hydrogen) atoms. The molecule has 136 valence electrons. The number of sulfonamides is 1. The smallest absolute Gasteiger partial charge is 0.240 e. The number of halogens is 1. The van der Waals surface area contributed by atoms with Crippen LogP contribution in [0.3, 0.4) is 0 Å². The zero-order valence-electron chi connectivity index (χ0n) is 14.2. The molecule has 2 aromatic rings. The minimum atomic E-state index is -3.64. The SMILES string of the molecule is Cc1cc(C)c(S(=O)(=O)NCCNCCO)cc1-c1ccnc(Cl)c1. The summed E-state index contributed by atoms with van der Waals surface area (Å²) in [5.74, 6) is 0. The molecule has 0 aliphatic carbocycles. The Kier molecular flexibility index (Phi) is 6.92. The predicted molar refractivity (Wildman–Crippen MR) is 99.3 cm³/mol. The average Bonchev–Trinajstić information content (AvgIpc) is 2.54. The fourth-order valence-corrected chi connectivity index (χ4v) is 4.01. The van der Waals surface area contributed by atoms with E-state index in [2.05, 4.69) is 15.0 Å². The third-order valence-electron chi connectivity index (χ3n) is 3.73. The fraction of sp³-hybridized carbons (Fsp3) is 0.353. The number of aryl methyl sites for hydroxylation is 2. The van der Waals surface area contributed by atoms with E-state index in [4.69, 9.17) is 16.7 Å². The normalized spacial score (nSPS) is 11.7. The van der Waals surface area contributed by atoms with Crippen molar-refractivity contribution in [3.05, 3.63) is 46.7 Å². The number of aliphatic hydroxyl groups is 1. The van der Waals surface area contributed by atoms with Gasteiger partial charge in [0, 0.05) is 25.8 Å². The third-order valence-corrected chi connectivity index (χ3v) is 5.54. The molecule has 1 aromatic heterocycles. The molecule has 1 heterocycles. The molecular weight excluding hydrogens is 362 g/mol. The minimum absolute atomic E-state index is 0.0155. The maximum absolute atomic E-state index is 12.6. The monoisotopic (exact) mass is 383 g/mol. The first-order valence-electron chi connectivity index (χ1n) is 7.89. The highest BCUT2D eigenvalue weighted by Gasteiger charge is 2.18. The molecule has 3 N–H and O–H groups in total. The molecule has 8 heteroatoms. The van der Waals surface area contributed by atoms with Crippen LogP contribution >= 0.6 is 11.6 Å². The number of hydrogen-bond acceptors (Lipinski definition) is 5. The van der Waals surface area contributed by atoms with Crippen LogP contribution in [0.15, 0.2) is 35.4 Å². The summed E-state index contributed by atoms with van der Waals surface area (Å²) in [6.07, 6.45) is 1.59. The molecule has 0 bridgehead atoms. The lowest BCUT2D eigenvalue weighted by atomic mass is 10.00. The Morgan fingerprint density at radius 3 is 2.56 bits per heavy atom. The fourth-order valence-electron chi connectivity index (χ4n) is 2.56. The molecule has 6 nitrogen and oxygen atoms in total. The first kappa shape index (κ1) is 19.8. The van der Waals surface area contributed by atoms with Crippen LogP contribution in [0.2, 0.25) is 5.15 Å². The van der Waals surface area contributed by atoms with Gasteiger partial charge in [0.2, 0.25) is 10.0 Å². The molecule has 0 atom stereocenters. The number of hydrogen-bond donors (Lipinski definition) is 3. The van der Waals surface area contributed by atoms with E-state index in [0.717, 1.165) is 16.7 Å². The van der Waals surface area contributed by atoms with Gasteiger partial charge in [0.25, 0.3) is 0 Å². The van der Waals surface area contributed by atoms with Gasteiger partial charge in [-0.2, -0.15) is 0 Å². The van der Waals surface area contributed by atoms with Gasteiger partial charge >= 0.3 is 0 Å². The van der Waals surface area contributed by atoms with Crippen LogP contribution in [0.5, 0.6) is 0 Å². The van der Waals surface area contributed by atoms with Crippen LogP contribution in [0, 0.1) is 13.8 Å². The molecule has 1 aromatic carbocycles. The summed E-state index contributed by atoms with van der Waals surface area (Å²) in [7, 11) is -3.64. The molecule has 0 fully saturated rings. The third kappa shape index (κ3) is 5.23. The molecule has 0 aliphatic rings. The average molecular weight is 384 g/mol.